The topological polar surface area (TPSA) is 82.0 Å². The number of amides is 2. The molecule has 14 heavy (non-hydrogen) atoms. The third-order valence-corrected chi connectivity index (χ3v) is 2.19. The second-order valence-corrected chi connectivity index (χ2v) is 3.35. The normalized spacial score (nSPS) is 23.1. The zero-order valence-corrected chi connectivity index (χ0v) is 8.04. The zero-order valence-electron chi connectivity index (χ0n) is 8.04. The number of nitrogens with zero attached hydrogens (tertiary/aromatic N) is 1. The van der Waals surface area contributed by atoms with Crippen LogP contribution in [0.4, 0.5) is 0 Å². The molecule has 76 valence electrons. The van der Waals surface area contributed by atoms with Crippen LogP contribution in [0, 0.1) is 17.2 Å². The zero-order chi connectivity index (χ0) is 10.6. The van der Waals surface area contributed by atoms with Gasteiger partial charge in [0.25, 0.3) is 0 Å². The van der Waals surface area contributed by atoms with Gasteiger partial charge in [0.05, 0.1) is 6.07 Å². The summed E-state index contributed by atoms with van der Waals surface area (Å²) in [6.45, 7) is 2.18. The van der Waals surface area contributed by atoms with E-state index in [0.717, 1.165) is 6.42 Å². The van der Waals surface area contributed by atoms with Crippen LogP contribution >= 0.6 is 0 Å². The molecule has 0 aromatic rings. The molecule has 1 heterocycles. The fraction of sp³-hybridized carbons (Fsp3) is 0.667. The van der Waals surface area contributed by atoms with E-state index < -0.39 is 12.0 Å². The van der Waals surface area contributed by atoms with Crippen LogP contribution in [0.3, 0.4) is 0 Å². The first-order valence-corrected chi connectivity index (χ1v) is 4.63. The molecule has 0 radical (unpaired) electrons. The highest BCUT2D eigenvalue weighted by Crippen LogP contribution is 2.04. The van der Waals surface area contributed by atoms with Gasteiger partial charge in [-0.05, 0) is 19.8 Å². The van der Waals surface area contributed by atoms with E-state index in [1.54, 1.807) is 0 Å². The van der Waals surface area contributed by atoms with Crippen molar-refractivity contribution in [3.63, 3.8) is 0 Å². The van der Waals surface area contributed by atoms with Gasteiger partial charge in [-0.3, -0.25) is 9.59 Å². The average Bonchev–Trinajstić information content (AvgIpc) is 2.20. The van der Waals surface area contributed by atoms with Crippen molar-refractivity contribution in [2.75, 3.05) is 6.54 Å². The fourth-order valence-electron chi connectivity index (χ4n) is 1.27. The summed E-state index contributed by atoms with van der Waals surface area (Å²) < 4.78 is 0. The number of nitriles is 1. The number of rotatable bonds is 2. The van der Waals surface area contributed by atoms with Crippen LogP contribution in [0.1, 0.15) is 19.8 Å². The predicted octanol–water partition coefficient (Wildman–Crippen LogP) is -0.459. The maximum atomic E-state index is 11.3. The molecule has 0 aromatic heterocycles. The van der Waals surface area contributed by atoms with Crippen molar-refractivity contribution in [1.29, 1.82) is 5.26 Å². The van der Waals surface area contributed by atoms with E-state index in [0.29, 0.717) is 13.0 Å². The molecule has 2 unspecified atom stereocenters. The SMILES string of the molecule is CC(C#N)C(=O)NC1CCCNC1=O. The van der Waals surface area contributed by atoms with Crippen LogP contribution in [-0.2, 0) is 9.59 Å². The number of nitrogens with one attached hydrogen (secondary N) is 2. The Morgan fingerprint density at radius 1 is 1.79 bits per heavy atom. The van der Waals surface area contributed by atoms with Crippen LogP contribution in [0.25, 0.3) is 0 Å². The number of carbonyl (C=O) groups is 2. The molecule has 5 heteroatoms. The third-order valence-electron chi connectivity index (χ3n) is 2.19. The number of carbonyl (C=O) groups excluding carboxylic acids is 2. The molecule has 1 saturated heterocycles. The van der Waals surface area contributed by atoms with Crippen LogP contribution < -0.4 is 10.6 Å². The van der Waals surface area contributed by atoms with Gasteiger partial charge in [-0.15, -0.1) is 0 Å². The van der Waals surface area contributed by atoms with Crippen LogP contribution in [0.2, 0.25) is 0 Å². The maximum Gasteiger partial charge on any atom is 0.242 e. The van der Waals surface area contributed by atoms with E-state index in [4.69, 9.17) is 5.26 Å². The molecule has 0 bridgehead atoms. The van der Waals surface area contributed by atoms with E-state index in [2.05, 4.69) is 10.6 Å². The van der Waals surface area contributed by atoms with Crippen molar-refractivity contribution >= 4 is 11.8 Å². The van der Waals surface area contributed by atoms with Gasteiger partial charge in [0.15, 0.2) is 0 Å². The second kappa shape index (κ2) is 4.61. The van der Waals surface area contributed by atoms with Gasteiger partial charge in [0.1, 0.15) is 12.0 Å². The minimum Gasteiger partial charge on any atom is -0.354 e. The Kier molecular flexibility index (Phi) is 3.46. The molecule has 1 aliphatic heterocycles. The quantitative estimate of drug-likeness (QED) is 0.625. The summed E-state index contributed by atoms with van der Waals surface area (Å²) in [5.41, 5.74) is 0. The highest BCUT2D eigenvalue weighted by atomic mass is 16.2. The molecule has 0 saturated carbocycles. The molecule has 2 atom stereocenters. The lowest BCUT2D eigenvalue weighted by molar-refractivity contribution is -0.131. The summed E-state index contributed by atoms with van der Waals surface area (Å²) in [6, 6.07) is 1.36. The number of piperidine rings is 1. The molecule has 1 rings (SSSR count). The van der Waals surface area contributed by atoms with E-state index in [1.807, 2.05) is 6.07 Å². The molecular formula is C9H13N3O2. The van der Waals surface area contributed by atoms with Gasteiger partial charge in [0.2, 0.25) is 11.8 Å². The van der Waals surface area contributed by atoms with Gasteiger partial charge >= 0.3 is 0 Å². The average molecular weight is 195 g/mol. The monoisotopic (exact) mass is 195 g/mol. The van der Waals surface area contributed by atoms with Gasteiger partial charge in [-0.1, -0.05) is 0 Å². The minimum atomic E-state index is -0.704. The molecule has 2 amide bonds. The van der Waals surface area contributed by atoms with E-state index in [1.165, 1.54) is 6.92 Å². The summed E-state index contributed by atoms with van der Waals surface area (Å²) in [4.78, 5) is 22.5. The Morgan fingerprint density at radius 2 is 2.50 bits per heavy atom. The molecule has 1 fully saturated rings. The van der Waals surface area contributed by atoms with Crippen molar-refractivity contribution < 1.29 is 9.59 Å². The minimum absolute atomic E-state index is 0.158. The second-order valence-electron chi connectivity index (χ2n) is 3.35. The fourth-order valence-corrected chi connectivity index (χ4v) is 1.27. The Morgan fingerprint density at radius 3 is 3.07 bits per heavy atom. The van der Waals surface area contributed by atoms with Crippen LogP contribution in [-0.4, -0.2) is 24.4 Å². The van der Waals surface area contributed by atoms with Crippen molar-refractivity contribution in [3.8, 4) is 6.07 Å². The lowest BCUT2D eigenvalue weighted by Gasteiger charge is -2.23. The summed E-state index contributed by atoms with van der Waals surface area (Å²) in [5.74, 6) is -1.24. The van der Waals surface area contributed by atoms with Crippen molar-refractivity contribution in [2.24, 2.45) is 5.92 Å². The molecular weight excluding hydrogens is 182 g/mol. The van der Waals surface area contributed by atoms with Crippen molar-refractivity contribution in [3.05, 3.63) is 0 Å². The molecule has 2 N–H and O–H groups in total. The summed E-state index contributed by atoms with van der Waals surface area (Å²) in [5, 5.41) is 13.7. The van der Waals surface area contributed by atoms with E-state index in [-0.39, 0.29) is 11.8 Å². The Hall–Kier alpha value is -1.57. The van der Waals surface area contributed by atoms with Crippen LogP contribution in [0.5, 0.6) is 0 Å². The van der Waals surface area contributed by atoms with Gasteiger partial charge in [0, 0.05) is 6.54 Å². The van der Waals surface area contributed by atoms with Crippen molar-refractivity contribution in [2.45, 2.75) is 25.8 Å². The standard InChI is InChI=1S/C9H13N3O2/c1-6(5-10)8(13)12-7-3-2-4-11-9(7)14/h6-7H,2-4H2,1H3,(H,11,14)(H,12,13). The number of hydrogen-bond acceptors (Lipinski definition) is 3. The number of hydrogen-bond donors (Lipinski definition) is 2. The summed E-state index contributed by atoms with van der Waals surface area (Å²) in [6.07, 6.45) is 1.51. The maximum absolute atomic E-state index is 11.3. The first-order chi connectivity index (χ1) is 6.65. The van der Waals surface area contributed by atoms with Gasteiger partial charge in [-0.25, -0.2) is 0 Å². The van der Waals surface area contributed by atoms with Crippen molar-refractivity contribution in [1.82, 2.24) is 10.6 Å². The Balaban J connectivity index is 2.47. The largest absolute Gasteiger partial charge is 0.354 e. The van der Waals surface area contributed by atoms with E-state index >= 15 is 0 Å². The Bertz CT molecular complexity index is 282. The highest BCUT2D eigenvalue weighted by Gasteiger charge is 2.25. The van der Waals surface area contributed by atoms with Gasteiger partial charge < -0.3 is 10.6 Å². The lowest BCUT2D eigenvalue weighted by atomic mass is 10.1. The molecule has 0 aromatic carbocycles. The lowest BCUT2D eigenvalue weighted by Crippen LogP contribution is -2.51. The first kappa shape index (κ1) is 10.5. The molecule has 5 nitrogen and oxygen atoms in total. The first-order valence-electron chi connectivity index (χ1n) is 4.63. The highest BCUT2D eigenvalue weighted by molar-refractivity contribution is 5.89. The molecule has 0 spiro atoms. The third kappa shape index (κ3) is 2.46. The summed E-state index contributed by atoms with van der Waals surface area (Å²) in [7, 11) is 0. The Labute approximate surface area is 82.5 Å². The summed E-state index contributed by atoms with van der Waals surface area (Å²) >= 11 is 0. The van der Waals surface area contributed by atoms with Gasteiger partial charge in [-0.2, -0.15) is 5.26 Å². The van der Waals surface area contributed by atoms with Crippen LogP contribution in [0.15, 0.2) is 0 Å². The molecule has 1 aliphatic rings. The molecule has 0 aliphatic carbocycles. The smallest absolute Gasteiger partial charge is 0.242 e. The predicted molar refractivity (Wildman–Crippen MR) is 49.0 cm³/mol. The van der Waals surface area contributed by atoms with E-state index in [9.17, 15) is 9.59 Å².